The molecule has 214 valence electrons. The van der Waals surface area contributed by atoms with E-state index in [1.807, 2.05) is 60.7 Å². The smallest absolute Gasteiger partial charge is 0.196 e. The number of carbonyl (C=O) groups excluding carboxylic acids is 2. The fourth-order valence-corrected chi connectivity index (χ4v) is 6.28. The quantitative estimate of drug-likeness (QED) is 0.133. The van der Waals surface area contributed by atoms with E-state index in [4.69, 9.17) is 0 Å². The molecule has 1 aliphatic rings. The van der Waals surface area contributed by atoms with E-state index in [0.29, 0.717) is 59.6 Å². The van der Waals surface area contributed by atoms with E-state index in [1.165, 1.54) is 11.8 Å². The van der Waals surface area contributed by atoms with Crippen LogP contribution in [0.2, 0.25) is 0 Å². The number of anilines is 2. The number of nitrogens with one attached hydrogen (secondary N) is 2. The summed E-state index contributed by atoms with van der Waals surface area (Å²) >= 11 is 1.54. The number of carbonyl (C=O) groups is 2. The largest absolute Gasteiger partial charge is 0.508 e. The van der Waals surface area contributed by atoms with Crippen LogP contribution < -0.4 is 10.6 Å². The Morgan fingerprint density at radius 2 is 1.09 bits per heavy atom. The molecule has 6 rings (SSSR count). The molecule has 0 aliphatic heterocycles. The maximum atomic E-state index is 14.1. The van der Waals surface area contributed by atoms with Crippen LogP contribution in [0.4, 0.5) is 11.4 Å². The van der Waals surface area contributed by atoms with Crippen molar-refractivity contribution in [2.24, 2.45) is 0 Å². The predicted octanol–water partition coefficient (Wildman–Crippen LogP) is 7.33. The van der Waals surface area contributed by atoms with Crippen molar-refractivity contribution >= 4 is 34.7 Å². The molecular weight excluding hydrogens is 556 g/mol. The molecule has 7 heteroatoms. The van der Waals surface area contributed by atoms with Gasteiger partial charge in [0.05, 0.1) is 16.8 Å². The van der Waals surface area contributed by atoms with E-state index >= 15 is 0 Å². The van der Waals surface area contributed by atoms with Crippen molar-refractivity contribution in [3.63, 3.8) is 0 Å². The first-order valence-corrected chi connectivity index (χ1v) is 15.0. The van der Waals surface area contributed by atoms with Gasteiger partial charge in [0, 0.05) is 39.7 Å². The van der Waals surface area contributed by atoms with Crippen LogP contribution >= 0.6 is 11.8 Å². The zero-order valence-corrected chi connectivity index (χ0v) is 24.2. The highest BCUT2D eigenvalue weighted by Crippen LogP contribution is 2.44. The predicted molar refractivity (Wildman–Crippen MR) is 171 cm³/mol. The zero-order valence-electron chi connectivity index (χ0n) is 23.3. The lowest BCUT2D eigenvalue weighted by Crippen LogP contribution is -2.25. The number of benzene rings is 5. The van der Waals surface area contributed by atoms with Gasteiger partial charge in [-0.3, -0.25) is 9.59 Å². The third kappa shape index (κ3) is 6.12. The SMILES string of the molecule is O=C1c2ccccc2C(=O)c2c(NCCc3ccc(O)cc3)c(Sc3ccccc3)cc(NCCc3ccc(O)cc3)c21. The van der Waals surface area contributed by atoms with Gasteiger partial charge in [0.15, 0.2) is 11.6 Å². The van der Waals surface area contributed by atoms with Gasteiger partial charge in [-0.05, 0) is 66.4 Å². The molecule has 0 amide bonds. The molecule has 6 nitrogen and oxygen atoms in total. The summed E-state index contributed by atoms with van der Waals surface area (Å²) < 4.78 is 0. The number of phenols is 2. The van der Waals surface area contributed by atoms with Crippen molar-refractivity contribution in [1.82, 2.24) is 0 Å². The maximum Gasteiger partial charge on any atom is 0.196 e. The van der Waals surface area contributed by atoms with Crippen molar-refractivity contribution in [2.75, 3.05) is 23.7 Å². The second-order valence-electron chi connectivity index (χ2n) is 10.4. The second-order valence-corrected chi connectivity index (χ2v) is 11.5. The molecule has 0 aromatic heterocycles. The van der Waals surface area contributed by atoms with Crippen LogP contribution in [-0.4, -0.2) is 34.9 Å². The maximum absolute atomic E-state index is 14.1. The minimum atomic E-state index is -0.186. The van der Waals surface area contributed by atoms with Crippen molar-refractivity contribution in [3.05, 3.63) is 143 Å². The Morgan fingerprint density at radius 3 is 1.67 bits per heavy atom. The van der Waals surface area contributed by atoms with Crippen LogP contribution in [0.3, 0.4) is 0 Å². The average molecular weight is 587 g/mol. The molecule has 5 aromatic rings. The highest BCUT2D eigenvalue weighted by Gasteiger charge is 2.35. The van der Waals surface area contributed by atoms with Crippen LogP contribution in [-0.2, 0) is 12.8 Å². The first-order chi connectivity index (χ1) is 21.0. The Balaban J connectivity index is 1.41. The van der Waals surface area contributed by atoms with Crippen molar-refractivity contribution in [2.45, 2.75) is 22.6 Å². The number of hydrogen-bond donors (Lipinski definition) is 4. The van der Waals surface area contributed by atoms with Crippen LogP contribution in [0.25, 0.3) is 0 Å². The third-order valence-electron chi connectivity index (χ3n) is 7.45. The summed E-state index contributed by atoms with van der Waals surface area (Å²) in [5.74, 6) is 0.0536. The molecule has 43 heavy (non-hydrogen) atoms. The van der Waals surface area contributed by atoms with E-state index in [2.05, 4.69) is 10.6 Å². The Kier molecular flexibility index (Phi) is 8.16. The van der Waals surface area contributed by atoms with E-state index in [9.17, 15) is 19.8 Å². The number of fused-ring (bicyclic) bond motifs is 2. The van der Waals surface area contributed by atoms with Gasteiger partial charge < -0.3 is 20.8 Å². The number of hydrogen-bond acceptors (Lipinski definition) is 7. The minimum absolute atomic E-state index is 0.185. The Morgan fingerprint density at radius 1 is 0.581 bits per heavy atom. The molecule has 0 bridgehead atoms. The summed E-state index contributed by atoms with van der Waals surface area (Å²) in [7, 11) is 0. The molecule has 0 atom stereocenters. The molecule has 0 saturated heterocycles. The van der Waals surface area contributed by atoms with Gasteiger partial charge in [-0.25, -0.2) is 0 Å². The van der Waals surface area contributed by atoms with Crippen molar-refractivity contribution in [3.8, 4) is 11.5 Å². The van der Waals surface area contributed by atoms with Crippen molar-refractivity contribution in [1.29, 1.82) is 0 Å². The lowest BCUT2D eigenvalue weighted by molar-refractivity contribution is 0.0980. The van der Waals surface area contributed by atoms with Crippen molar-refractivity contribution < 1.29 is 19.8 Å². The topological polar surface area (TPSA) is 98.7 Å². The summed E-state index contributed by atoms with van der Waals surface area (Å²) in [5, 5.41) is 26.3. The number of ketones is 2. The molecule has 0 saturated carbocycles. The summed E-state index contributed by atoms with van der Waals surface area (Å²) in [6.45, 7) is 1.06. The Labute approximate surface area is 254 Å². The van der Waals surface area contributed by atoms with Gasteiger partial charge in [-0.1, -0.05) is 78.5 Å². The zero-order chi connectivity index (χ0) is 29.8. The van der Waals surface area contributed by atoms with E-state index in [1.54, 1.807) is 48.5 Å². The second kappa shape index (κ2) is 12.5. The first-order valence-electron chi connectivity index (χ1n) is 14.1. The Hall–Kier alpha value is -5.01. The van der Waals surface area contributed by atoms with Crippen LogP contribution in [0.5, 0.6) is 11.5 Å². The monoisotopic (exact) mass is 586 g/mol. The van der Waals surface area contributed by atoms with Gasteiger partial charge >= 0.3 is 0 Å². The molecule has 4 N–H and O–H groups in total. The lowest BCUT2D eigenvalue weighted by Gasteiger charge is -2.26. The standard InChI is InChI=1S/C36H30N2O4S/c39-25-14-10-23(11-15-25)18-20-37-30-22-31(43-27-6-2-1-3-7-27)34(38-21-19-24-12-16-26(40)17-13-24)33-32(30)35(41)28-8-4-5-9-29(28)36(33)42/h1-17,22,37-40H,18-21H2. The summed E-state index contributed by atoms with van der Waals surface area (Å²) in [6.07, 6.45) is 1.33. The minimum Gasteiger partial charge on any atom is -0.508 e. The number of rotatable bonds is 10. The third-order valence-corrected chi connectivity index (χ3v) is 8.50. The highest BCUT2D eigenvalue weighted by molar-refractivity contribution is 7.99. The van der Waals surface area contributed by atoms with Gasteiger partial charge in [-0.2, -0.15) is 0 Å². The molecule has 0 heterocycles. The number of phenolic OH excluding ortho intramolecular Hbond substituents is 2. The summed E-state index contributed by atoms with van der Waals surface area (Å²) in [4.78, 5) is 30.0. The highest BCUT2D eigenvalue weighted by atomic mass is 32.2. The van der Waals surface area contributed by atoms with Gasteiger partial charge in [0.2, 0.25) is 0 Å². The molecule has 0 unspecified atom stereocenters. The molecular formula is C36H30N2O4S. The van der Waals surface area contributed by atoms with Gasteiger partial charge in [0.25, 0.3) is 0 Å². The fraction of sp³-hybridized carbons (Fsp3) is 0.111. The normalized spacial score (nSPS) is 12.0. The fourth-order valence-electron chi connectivity index (χ4n) is 5.28. The first kappa shape index (κ1) is 28.1. The molecule has 0 spiro atoms. The molecule has 1 aliphatic carbocycles. The van der Waals surface area contributed by atoms with E-state index in [0.717, 1.165) is 20.9 Å². The molecule has 0 fully saturated rings. The number of aromatic hydroxyl groups is 2. The van der Waals surface area contributed by atoms with E-state index in [-0.39, 0.29) is 23.1 Å². The average Bonchev–Trinajstić information content (AvgIpc) is 3.03. The molecule has 5 aromatic carbocycles. The van der Waals surface area contributed by atoms with Gasteiger partial charge in [0.1, 0.15) is 11.5 Å². The van der Waals surface area contributed by atoms with Gasteiger partial charge in [-0.15, -0.1) is 0 Å². The summed E-state index contributed by atoms with van der Waals surface area (Å²) in [6, 6.07) is 33.0. The van der Waals surface area contributed by atoms with Crippen LogP contribution in [0.15, 0.2) is 119 Å². The van der Waals surface area contributed by atoms with E-state index < -0.39 is 0 Å². The lowest BCUT2D eigenvalue weighted by atomic mass is 9.82. The van der Waals surface area contributed by atoms with Crippen LogP contribution in [0, 0.1) is 0 Å². The Bertz CT molecular complexity index is 1790. The summed E-state index contributed by atoms with van der Waals surface area (Å²) in [5.41, 5.74) is 4.89. The molecule has 0 radical (unpaired) electrons. The van der Waals surface area contributed by atoms with Crippen LogP contribution in [0.1, 0.15) is 43.0 Å².